The lowest BCUT2D eigenvalue weighted by Gasteiger charge is -2.38. The third-order valence-electron chi connectivity index (χ3n) is 7.61. The van der Waals surface area contributed by atoms with E-state index in [4.69, 9.17) is 14.2 Å². The summed E-state index contributed by atoms with van der Waals surface area (Å²) >= 11 is 0. The molecule has 0 aromatic heterocycles. The number of hydrogen-bond donors (Lipinski definition) is 0. The van der Waals surface area contributed by atoms with Crippen molar-refractivity contribution in [3.8, 4) is 11.5 Å². The Balaban J connectivity index is 1.53. The molecule has 2 aliphatic rings. The number of carbonyl (C=O) groups is 1. The first kappa shape index (κ1) is 26.4. The van der Waals surface area contributed by atoms with E-state index in [0.717, 1.165) is 30.9 Å². The van der Waals surface area contributed by atoms with Crippen LogP contribution in [0.4, 0.5) is 18.0 Å². The topological polar surface area (TPSA) is 44.8 Å². The SMILES string of the molecule is CC(C)C1CCC(C)C(OC(=O)Oc2ccc3c(c2)OC(C)(C)CC3c2cccc(C(F)(F)F)c2)C1. The van der Waals surface area contributed by atoms with Crippen LogP contribution in [0.2, 0.25) is 0 Å². The Morgan fingerprint density at radius 1 is 1.11 bits per heavy atom. The van der Waals surface area contributed by atoms with Crippen molar-refractivity contribution in [2.24, 2.45) is 17.8 Å². The molecule has 7 heteroatoms. The van der Waals surface area contributed by atoms with Crippen LogP contribution in [-0.2, 0) is 10.9 Å². The van der Waals surface area contributed by atoms with Crippen molar-refractivity contribution in [2.45, 2.75) is 84.1 Å². The molecule has 1 aliphatic carbocycles. The maximum absolute atomic E-state index is 13.3. The maximum atomic E-state index is 13.3. The number of halogens is 3. The first-order valence-corrected chi connectivity index (χ1v) is 12.7. The van der Waals surface area contributed by atoms with Crippen LogP contribution < -0.4 is 9.47 Å². The molecule has 4 atom stereocenters. The molecule has 0 N–H and O–H groups in total. The fourth-order valence-corrected chi connectivity index (χ4v) is 5.45. The second kappa shape index (κ2) is 9.98. The standard InChI is InChI=1S/C29H35F3O4/c1-17(2)19-10-9-18(3)25(14-19)35-27(33)34-22-11-12-23-24(16-28(4,5)36-26(23)15-22)20-7-6-8-21(13-20)29(30,31)32/h6-8,11-13,15,17-19,24-25H,9-10,14,16H2,1-5H3. The summed E-state index contributed by atoms with van der Waals surface area (Å²) in [4.78, 5) is 12.6. The summed E-state index contributed by atoms with van der Waals surface area (Å²) in [5.41, 5.74) is 0.0378. The summed E-state index contributed by atoms with van der Waals surface area (Å²) in [6, 6.07) is 10.5. The Morgan fingerprint density at radius 2 is 1.86 bits per heavy atom. The lowest BCUT2D eigenvalue weighted by atomic mass is 9.76. The molecule has 0 bridgehead atoms. The van der Waals surface area contributed by atoms with Crippen molar-refractivity contribution in [1.29, 1.82) is 0 Å². The van der Waals surface area contributed by atoms with Gasteiger partial charge in [0.1, 0.15) is 23.2 Å². The van der Waals surface area contributed by atoms with Gasteiger partial charge in [0.25, 0.3) is 0 Å². The van der Waals surface area contributed by atoms with Gasteiger partial charge in [-0.05, 0) is 75.0 Å². The molecule has 1 aliphatic heterocycles. The van der Waals surface area contributed by atoms with Crippen LogP contribution in [0.3, 0.4) is 0 Å². The number of benzene rings is 2. The van der Waals surface area contributed by atoms with E-state index < -0.39 is 23.5 Å². The Hall–Kier alpha value is -2.70. The van der Waals surface area contributed by atoms with Crippen molar-refractivity contribution >= 4 is 6.16 Å². The number of rotatable bonds is 4. The highest BCUT2D eigenvalue weighted by atomic mass is 19.4. The third kappa shape index (κ3) is 5.98. The van der Waals surface area contributed by atoms with Crippen LogP contribution in [-0.4, -0.2) is 17.9 Å². The van der Waals surface area contributed by atoms with Gasteiger partial charge in [0, 0.05) is 17.5 Å². The molecule has 1 saturated carbocycles. The highest BCUT2D eigenvalue weighted by Gasteiger charge is 2.37. The smallest absolute Gasteiger partial charge is 0.487 e. The fourth-order valence-electron chi connectivity index (χ4n) is 5.45. The minimum absolute atomic E-state index is 0.184. The van der Waals surface area contributed by atoms with Crippen molar-refractivity contribution in [2.75, 3.05) is 0 Å². The Bertz CT molecular complexity index is 1090. The van der Waals surface area contributed by atoms with Crippen LogP contribution >= 0.6 is 0 Å². The van der Waals surface area contributed by atoms with Gasteiger partial charge in [-0.2, -0.15) is 13.2 Å². The highest BCUT2D eigenvalue weighted by molar-refractivity contribution is 5.65. The lowest BCUT2D eigenvalue weighted by molar-refractivity contribution is -0.137. The average molecular weight is 505 g/mol. The number of hydrogen-bond acceptors (Lipinski definition) is 4. The molecular weight excluding hydrogens is 469 g/mol. The van der Waals surface area contributed by atoms with E-state index in [-0.39, 0.29) is 23.7 Å². The summed E-state index contributed by atoms with van der Waals surface area (Å²) < 4.78 is 57.3. The molecule has 0 amide bonds. The number of alkyl halides is 3. The fraction of sp³-hybridized carbons (Fsp3) is 0.552. The van der Waals surface area contributed by atoms with Gasteiger partial charge in [-0.25, -0.2) is 4.79 Å². The first-order valence-electron chi connectivity index (χ1n) is 12.7. The zero-order chi connectivity index (χ0) is 26.3. The third-order valence-corrected chi connectivity index (χ3v) is 7.61. The first-order chi connectivity index (χ1) is 16.8. The molecule has 4 nitrogen and oxygen atoms in total. The van der Waals surface area contributed by atoms with Gasteiger partial charge < -0.3 is 14.2 Å². The Morgan fingerprint density at radius 3 is 2.56 bits per heavy atom. The Labute approximate surface area is 211 Å². The van der Waals surface area contributed by atoms with Crippen LogP contribution in [0, 0.1) is 17.8 Å². The molecule has 4 rings (SSSR count). The number of carbonyl (C=O) groups excluding carboxylic acids is 1. The number of fused-ring (bicyclic) bond motifs is 1. The molecule has 36 heavy (non-hydrogen) atoms. The molecule has 0 radical (unpaired) electrons. The molecule has 0 spiro atoms. The second-order valence-electron chi connectivity index (χ2n) is 11.2. The van der Waals surface area contributed by atoms with Gasteiger partial charge in [0.05, 0.1) is 5.56 Å². The highest BCUT2D eigenvalue weighted by Crippen LogP contribution is 2.46. The van der Waals surface area contributed by atoms with Crippen LogP contribution in [0.15, 0.2) is 42.5 Å². The van der Waals surface area contributed by atoms with E-state index in [1.54, 1.807) is 24.3 Å². The van der Waals surface area contributed by atoms with Gasteiger partial charge in [-0.15, -0.1) is 0 Å². The quantitative estimate of drug-likeness (QED) is 0.310. The van der Waals surface area contributed by atoms with E-state index >= 15 is 0 Å². The van der Waals surface area contributed by atoms with Crippen LogP contribution in [0.5, 0.6) is 11.5 Å². The van der Waals surface area contributed by atoms with Crippen LogP contribution in [0.1, 0.15) is 82.9 Å². The summed E-state index contributed by atoms with van der Waals surface area (Å²) in [7, 11) is 0. The second-order valence-corrected chi connectivity index (χ2v) is 11.2. The van der Waals surface area contributed by atoms with Gasteiger partial charge in [0.2, 0.25) is 0 Å². The zero-order valence-corrected chi connectivity index (χ0v) is 21.5. The van der Waals surface area contributed by atoms with Gasteiger partial charge in [-0.1, -0.05) is 45.0 Å². The molecule has 1 fully saturated rings. The minimum Gasteiger partial charge on any atom is -0.487 e. The number of ether oxygens (including phenoxy) is 3. The normalized spacial score (nSPS) is 25.6. The van der Waals surface area contributed by atoms with E-state index in [2.05, 4.69) is 20.8 Å². The molecule has 196 valence electrons. The summed E-state index contributed by atoms with van der Waals surface area (Å²) in [6.45, 7) is 10.3. The predicted molar refractivity (Wildman–Crippen MR) is 131 cm³/mol. The zero-order valence-electron chi connectivity index (χ0n) is 21.5. The largest absolute Gasteiger partial charge is 0.514 e. The van der Waals surface area contributed by atoms with E-state index in [0.29, 0.717) is 29.6 Å². The van der Waals surface area contributed by atoms with E-state index in [9.17, 15) is 18.0 Å². The van der Waals surface area contributed by atoms with Crippen molar-refractivity contribution < 1.29 is 32.2 Å². The lowest BCUT2D eigenvalue weighted by Crippen LogP contribution is -2.35. The monoisotopic (exact) mass is 504 g/mol. The average Bonchev–Trinajstić information content (AvgIpc) is 2.78. The van der Waals surface area contributed by atoms with E-state index in [1.165, 1.54) is 12.1 Å². The molecule has 2 aromatic carbocycles. The Kier molecular flexibility index (Phi) is 7.31. The summed E-state index contributed by atoms with van der Waals surface area (Å²) in [5, 5.41) is 0. The van der Waals surface area contributed by atoms with E-state index in [1.807, 2.05) is 13.8 Å². The van der Waals surface area contributed by atoms with Gasteiger partial charge in [-0.3, -0.25) is 0 Å². The van der Waals surface area contributed by atoms with Crippen LogP contribution in [0.25, 0.3) is 0 Å². The van der Waals surface area contributed by atoms with Crippen molar-refractivity contribution in [1.82, 2.24) is 0 Å². The summed E-state index contributed by atoms with van der Waals surface area (Å²) in [6.07, 6.45) is -1.85. The summed E-state index contributed by atoms with van der Waals surface area (Å²) in [5.74, 6) is 1.81. The van der Waals surface area contributed by atoms with Gasteiger partial charge >= 0.3 is 12.3 Å². The molecule has 1 heterocycles. The van der Waals surface area contributed by atoms with Gasteiger partial charge in [0.15, 0.2) is 0 Å². The van der Waals surface area contributed by atoms with Crippen molar-refractivity contribution in [3.63, 3.8) is 0 Å². The molecule has 4 unspecified atom stereocenters. The maximum Gasteiger partial charge on any atom is 0.514 e. The molecule has 2 aromatic rings. The molecule has 0 saturated heterocycles. The molecular formula is C29H35F3O4. The minimum atomic E-state index is -4.41. The predicted octanol–water partition coefficient (Wildman–Crippen LogP) is 8.37. The van der Waals surface area contributed by atoms with Crippen molar-refractivity contribution in [3.05, 3.63) is 59.2 Å².